The van der Waals surface area contributed by atoms with Gasteiger partial charge in [-0.25, -0.2) is 0 Å². The van der Waals surface area contributed by atoms with Crippen LogP contribution in [-0.4, -0.2) is 31.4 Å². The summed E-state index contributed by atoms with van der Waals surface area (Å²) < 4.78 is 1.84. The first-order chi connectivity index (χ1) is 12.0. The molecule has 6 nitrogen and oxygen atoms in total. The summed E-state index contributed by atoms with van der Waals surface area (Å²) in [6.07, 6.45) is 3.43. The van der Waals surface area contributed by atoms with Gasteiger partial charge in [-0.2, -0.15) is 0 Å². The van der Waals surface area contributed by atoms with Crippen molar-refractivity contribution in [3.8, 4) is 11.4 Å². The van der Waals surface area contributed by atoms with Crippen LogP contribution in [0.2, 0.25) is 5.02 Å². The Morgan fingerprint density at radius 2 is 2.16 bits per heavy atom. The van der Waals surface area contributed by atoms with Gasteiger partial charge in [-0.15, -0.1) is 10.2 Å². The normalized spacial score (nSPS) is 10.7. The van der Waals surface area contributed by atoms with Crippen molar-refractivity contribution >= 4 is 35.0 Å². The van der Waals surface area contributed by atoms with Gasteiger partial charge in [0.25, 0.3) is 0 Å². The molecular weight excluding hydrogens is 358 g/mol. The number of hydrogen-bond donors (Lipinski definition) is 1. The number of nitrogens with one attached hydrogen (secondary N) is 1. The van der Waals surface area contributed by atoms with E-state index in [9.17, 15) is 4.79 Å². The van der Waals surface area contributed by atoms with Crippen molar-refractivity contribution in [1.82, 2.24) is 19.7 Å². The minimum Gasteiger partial charge on any atom is -0.325 e. The number of thioether (sulfide) groups is 1. The number of carbonyl (C=O) groups excluding carboxylic acids is 1. The van der Waals surface area contributed by atoms with Gasteiger partial charge in [0.15, 0.2) is 11.0 Å². The van der Waals surface area contributed by atoms with Crippen molar-refractivity contribution < 1.29 is 4.79 Å². The van der Waals surface area contributed by atoms with Crippen LogP contribution in [0.25, 0.3) is 11.4 Å². The molecule has 1 amide bonds. The highest BCUT2D eigenvalue weighted by molar-refractivity contribution is 7.99. The molecule has 25 heavy (non-hydrogen) atoms. The highest BCUT2D eigenvalue weighted by Crippen LogP contribution is 2.23. The van der Waals surface area contributed by atoms with E-state index in [1.165, 1.54) is 11.8 Å². The van der Waals surface area contributed by atoms with Crippen LogP contribution in [0.4, 0.5) is 5.69 Å². The summed E-state index contributed by atoms with van der Waals surface area (Å²) in [5, 5.41) is 12.4. The van der Waals surface area contributed by atoms with Crippen LogP contribution < -0.4 is 5.32 Å². The molecule has 0 aliphatic heterocycles. The maximum absolute atomic E-state index is 12.1. The molecule has 3 aromatic rings. The third-order valence-electron chi connectivity index (χ3n) is 3.54. The molecule has 0 saturated heterocycles. The van der Waals surface area contributed by atoms with E-state index in [2.05, 4.69) is 20.5 Å². The van der Waals surface area contributed by atoms with Crippen LogP contribution >= 0.6 is 23.4 Å². The van der Waals surface area contributed by atoms with Gasteiger partial charge in [0, 0.05) is 35.7 Å². The molecule has 0 radical (unpaired) electrons. The average Bonchev–Trinajstić information content (AvgIpc) is 2.98. The standard InChI is InChI=1S/C17H16ClN5OS/c1-11-5-6-13(8-14(11)18)20-15(24)10-25-17-22-21-16(23(17)2)12-4-3-7-19-9-12/h3-9H,10H2,1-2H3,(H,20,24). The zero-order valence-electron chi connectivity index (χ0n) is 13.7. The second-order valence-corrected chi connectivity index (χ2v) is 6.76. The summed E-state index contributed by atoms with van der Waals surface area (Å²) in [6, 6.07) is 9.19. The Labute approximate surface area is 154 Å². The summed E-state index contributed by atoms with van der Waals surface area (Å²) in [4.78, 5) is 16.2. The first-order valence-corrected chi connectivity index (χ1v) is 8.89. The number of anilines is 1. The van der Waals surface area contributed by atoms with Crippen molar-refractivity contribution in [2.45, 2.75) is 12.1 Å². The van der Waals surface area contributed by atoms with E-state index in [0.29, 0.717) is 21.7 Å². The number of pyridine rings is 1. The van der Waals surface area contributed by atoms with Crippen LogP contribution in [0, 0.1) is 6.92 Å². The molecule has 0 bridgehead atoms. The number of rotatable bonds is 5. The Morgan fingerprint density at radius 1 is 1.32 bits per heavy atom. The van der Waals surface area contributed by atoms with Crippen LogP contribution in [0.15, 0.2) is 47.9 Å². The number of hydrogen-bond acceptors (Lipinski definition) is 5. The molecule has 1 N–H and O–H groups in total. The zero-order chi connectivity index (χ0) is 17.8. The lowest BCUT2D eigenvalue weighted by molar-refractivity contribution is -0.113. The lowest BCUT2D eigenvalue weighted by Gasteiger charge is -2.07. The van der Waals surface area contributed by atoms with Crippen molar-refractivity contribution in [2.75, 3.05) is 11.1 Å². The van der Waals surface area contributed by atoms with E-state index in [4.69, 9.17) is 11.6 Å². The number of halogens is 1. The monoisotopic (exact) mass is 373 g/mol. The van der Waals surface area contributed by atoms with Crippen molar-refractivity contribution in [1.29, 1.82) is 0 Å². The highest BCUT2D eigenvalue weighted by Gasteiger charge is 2.13. The number of aromatic nitrogens is 4. The summed E-state index contributed by atoms with van der Waals surface area (Å²) in [6.45, 7) is 1.91. The van der Waals surface area contributed by atoms with Gasteiger partial charge >= 0.3 is 0 Å². The molecule has 0 aliphatic rings. The number of amides is 1. The van der Waals surface area contributed by atoms with E-state index < -0.39 is 0 Å². The minimum absolute atomic E-state index is 0.129. The van der Waals surface area contributed by atoms with Gasteiger partial charge in [-0.3, -0.25) is 9.78 Å². The van der Waals surface area contributed by atoms with Crippen molar-refractivity contribution in [3.05, 3.63) is 53.3 Å². The summed E-state index contributed by atoms with van der Waals surface area (Å²) in [7, 11) is 1.86. The molecular formula is C17H16ClN5OS. The average molecular weight is 374 g/mol. The molecule has 0 unspecified atom stereocenters. The third kappa shape index (κ3) is 4.18. The predicted molar refractivity (Wildman–Crippen MR) is 99.8 cm³/mol. The number of nitrogens with zero attached hydrogens (tertiary/aromatic N) is 4. The smallest absolute Gasteiger partial charge is 0.234 e. The summed E-state index contributed by atoms with van der Waals surface area (Å²) >= 11 is 7.39. The molecule has 8 heteroatoms. The summed E-state index contributed by atoms with van der Waals surface area (Å²) in [5.41, 5.74) is 2.52. The van der Waals surface area contributed by atoms with E-state index in [1.54, 1.807) is 18.5 Å². The fraction of sp³-hybridized carbons (Fsp3) is 0.176. The fourth-order valence-electron chi connectivity index (χ4n) is 2.18. The van der Waals surface area contributed by atoms with Crippen LogP contribution in [-0.2, 0) is 11.8 Å². The second kappa shape index (κ2) is 7.67. The van der Waals surface area contributed by atoms with E-state index >= 15 is 0 Å². The van der Waals surface area contributed by atoms with Crippen LogP contribution in [0.1, 0.15) is 5.56 Å². The molecule has 0 spiro atoms. The van der Waals surface area contributed by atoms with Gasteiger partial charge < -0.3 is 9.88 Å². The molecule has 0 aliphatic carbocycles. The van der Waals surface area contributed by atoms with Crippen LogP contribution in [0.3, 0.4) is 0 Å². The van der Waals surface area contributed by atoms with Gasteiger partial charge in [0.2, 0.25) is 5.91 Å². The van der Waals surface area contributed by atoms with E-state index in [-0.39, 0.29) is 11.7 Å². The highest BCUT2D eigenvalue weighted by atomic mass is 35.5. The Bertz CT molecular complexity index is 897. The lowest BCUT2D eigenvalue weighted by Crippen LogP contribution is -2.14. The Hall–Kier alpha value is -2.38. The zero-order valence-corrected chi connectivity index (χ0v) is 15.3. The first kappa shape index (κ1) is 17.4. The predicted octanol–water partition coefficient (Wildman–Crippen LogP) is 3.57. The second-order valence-electron chi connectivity index (χ2n) is 5.41. The third-order valence-corrected chi connectivity index (χ3v) is 4.97. The number of benzene rings is 1. The molecule has 0 saturated carbocycles. The Morgan fingerprint density at radius 3 is 2.88 bits per heavy atom. The molecule has 2 heterocycles. The minimum atomic E-state index is -0.129. The van der Waals surface area contributed by atoms with Crippen molar-refractivity contribution in [2.24, 2.45) is 7.05 Å². The summed E-state index contributed by atoms with van der Waals surface area (Å²) in [5.74, 6) is 0.807. The molecule has 3 rings (SSSR count). The van der Waals surface area contributed by atoms with Crippen LogP contribution in [0.5, 0.6) is 0 Å². The maximum Gasteiger partial charge on any atom is 0.234 e. The van der Waals surface area contributed by atoms with Gasteiger partial charge in [-0.05, 0) is 36.8 Å². The Balaban J connectivity index is 1.63. The van der Waals surface area contributed by atoms with E-state index in [1.807, 2.05) is 42.8 Å². The molecule has 128 valence electrons. The maximum atomic E-state index is 12.1. The van der Waals surface area contributed by atoms with Crippen molar-refractivity contribution in [3.63, 3.8) is 0 Å². The number of aryl methyl sites for hydroxylation is 1. The van der Waals surface area contributed by atoms with E-state index in [0.717, 1.165) is 11.1 Å². The SMILES string of the molecule is Cc1ccc(NC(=O)CSc2nnc(-c3cccnc3)n2C)cc1Cl. The lowest BCUT2D eigenvalue weighted by atomic mass is 10.2. The Kier molecular flexibility index (Phi) is 5.35. The van der Waals surface area contributed by atoms with Gasteiger partial charge in [0.1, 0.15) is 0 Å². The number of carbonyl (C=O) groups is 1. The molecule has 1 aromatic carbocycles. The molecule has 0 fully saturated rings. The fourth-order valence-corrected chi connectivity index (χ4v) is 3.08. The first-order valence-electron chi connectivity index (χ1n) is 7.53. The largest absolute Gasteiger partial charge is 0.325 e. The van der Waals surface area contributed by atoms with Gasteiger partial charge in [-0.1, -0.05) is 29.4 Å². The molecule has 0 atom stereocenters. The topological polar surface area (TPSA) is 72.7 Å². The molecule has 2 aromatic heterocycles. The van der Waals surface area contributed by atoms with Gasteiger partial charge in [0.05, 0.1) is 5.75 Å². The quantitative estimate of drug-likeness (QED) is 0.692.